The van der Waals surface area contributed by atoms with Crippen LogP contribution in [-0.2, 0) is 4.79 Å². The number of nitrogens with zero attached hydrogens (tertiary/aromatic N) is 3. The smallest absolute Gasteiger partial charge is 0.262 e. The van der Waals surface area contributed by atoms with Crippen LogP contribution in [0.3, 0.4) is 0 Å². The van der Waals surface area contributed by atoms with Crippen molar-refractivity contribution < 1.29 is 28.2 Å². The zero-order valence-corrected chi connectivity index (χ0v) is 21.1. The van der Waals surface area contributed by atoms with E-state index >= 15 is 0 Å². The Labute approximate surface area is 214 Å². The molecule has 1 aliphatic rings. The summed E-state index contributed by atoms with van der Waals surface area (Å²) in [6, 6.07) is 17.5. The maximum absolute atomic E-state index is 14.8. The number of benzene rings is 3. The minimum absolute atomic E-state index is 0.244. The third-order valence-corrected chi connectivity index (χ3v) is 6.21. The van der Waals surface area contributed by atoms with Crippen LogP contribution in [0.5, 0.6) is 17.2 Å². The fourth-order valence-corrected chi connectivity index (χ4v) is 4.23. The molecule has 0 fully saturated rings. The van der Waals surface area contributed by atoms with Gasteiger partial charge in [-0.15, -0.1) is 0 Å². The van der Waals surface area contributed by atoms with Crippen LogP contribution in [0.2, 0.25) is 0 Å². The van der Waals surface area contributed by atoms with Crippen molar-refractivity contribution in [1.82, 2.24) is 9.91 Å². The van der Waals surface area contributed by atoms with Crippen LogP contribution in [0.1, 0.15) is 33.9 Å². The summed E-state index contributed by atoms with van der Waals surface area (Å²) in [6.45, 7) is -0.244. The van der Waals surface area contributed by atoms with E-state index in [-0.39, 0.29) is 18.9 Å². The first-order valence-electron chi connectivity index (χ1n) is 11.6. The van der Waals surface area contributed by atoms with E-state index in [2.05, 4.69) is 5.10 Å². The van der Waals surface area contributed by atoms with Crippen LogP contribution in [0.25, 0.3) is 0 Å². The van der Waals surface area contributed by atoms with Crippen molar-refractivity contribution in [2.45, 2.75) is 12.5 Å². The average Bonchev–Trinajstić information content (AvgIpc) is 3.37. The average molecular weight is 506 g/mol. The highest BCUT2D eigenvalue weighted by Gasteiger charge is 2.36. The maximum atomic E-state index is 14.8. The number of carbonyl (C=O) groups excluding carboxylic acids is 2. The van der Waals surface area contributed by atoms with E-state index in [1.54, 1.807) is 74.9 Å². The van der Waals surface area contributed by atoms with E-state index in [1.807, 2.05) is 0 Å². The van der Waals surface area contributed by atoms with Gasteiger partial charge in [-0.3, -0.25) is 9.59 Å². The predicted octanol–water partition coefficient (Wildman–Crippen LogP) is 4.30. The summed E-state index contributed by atoms with van der Waals surface area (Å²) in [4.78, 5) is 27.7. The Morgan fingerprint density at radius 1 is 0.973 bits per heavy atom. The fourth-order valence-electron chi connectivity index (χ4n) is 4.23. The highest BCUT2D eigenvalue weighted by molar-refractivity contribution is 6.05. The lowest BCUT2D eigenvalue weighted by molar-refractivity contribution is -0.133. The molecule has 37 heavy (non-hydrogen) atoms. The van der Waals surface area contributed by atoms with Gasteiger partial charge in [-0.05, 0) is 42.5 Å². The largest absolute Gasteiger partial charge is 0.497 e. The highest BCUT2D eigenvalue weighted by atomic mass is 19.1. The molecule has 1 atom stereocenters. The summed E-state index contributed by atoms with van der Waals surface area (Å²) in [5, 5.41) is 5.85. The molecule has 2 amide bonds. The Kier molecular flexibility index (Phi) is 7.71. The summed E-state index contributed by atoms with van der Waals surface area (Å²) in [7, 11) is 6.17. The van der Waals surface area contributed by atoms with Gasteiger partial charge in [0, 0.05) is 36.2 Å². The SMILES string of the molecule is COc1ccc(C(=O)N(C)CC(=O)N2N=C(c3ccc(OC)cc3OC)CC2c2ccccc2F)cc1. The molecular formula is C28H28FN3O5. The monoisotopic (exact) mass is 505 g/mol. The number of hydrogen-bond donors (Lipinski definition) is 0. The molecule has 3 aromatic carbocycles. The third kappa shape index (κ3) is 5.40. The molecule has 1 aliphatic heterocycles. The van der Waals surface area contributed by atoms with Crippen molar-refractivity contribution in [3.63, 3.8) is 0 Å². The number of methoxy groups -OCH3 is 3. The first kappa shape index (κ1) is 25.7. The second kappa shape index (κ2) is 11.1. The van der Waals surface area contributed by atoms with Gasteiger partial charge in [-0.25, -0.2) is 9.40 Å². The second-order valence-corrected chi connectivity index (χ2v) is 8.48. The van der Waals surface area contributed by atoms with Gasteiger partial charge < -0.3 is 19.1 Å². The van der Waals surface area contributed by atoms with Gasteiger partial charge in [-0.2, -0.15) is 5.10 Å². The Hall–Kier alpha value is -4.40. The molecule has 1 unspecified atom stereocenters. The van der Waals surface area contributed by atoms with Crippen molar-refractivity contribution in [2.75, 3.05) is 34.9 Å². The highest BCUT2D eigenvalue weighted by Crippen LogP contribution is 2.37. The van der Waals surface area contributed by atoms with Gasteiger partial charge in [0.05, 0.1) is 33.1 Å². The van der Waals surface area contributed by atoms with E-state index in [0.717, 1.165) is 0 Å². The van der Waals surface area contributed by atoms with E-state index < -0.39 is 17.8 Å². The predicted molar refractivity (Wildman–Crippen MR) is 137 cm³/mol. The molecule has 0 aromatic heterocycles. The molecule has 0 aliphatic carbocycles. The number of amides is 2. The molecule has 0 saturated carbocycles. The van der Waals surface area contributed by atoms with Gasteiger partial charge in [0.15, 0.2) is 0 Å². The molecule has 192 valence electrons. The fraction of sp³-hybridized carbons (Fsp3) is 0.250. The lowest BCUT2D eigenvalue weighted by Crippen LogP contribution is -2.39. The number of rotatable bonds is 8. The normalized spacial score (nSPS) is 14.7. The van der Waals surface area contributed by atoms with E-state index in [9.17, 15) is 14.0 Å². The molecule has 3 aromatic rings. The Morgan fingerprint density at radius 3 is 2.30 bits per heavy atom. The number of hydrogen-bond acceptors (Lipinski definition) is 6. The number of ether oxygens (including phenoxy) is 3. The zero-order chi connectivity index (χ0) is 26.5. The minimum atomic E-state index is -0.681. The minimum Gasteiger partial charge on any atom is -0.497 e. The van der Waals surface area contributed by atoms with Crippen molar-refractivity contribution in [3.8, 4) is 17.2 Å². The van der Waals surface area contributed by atoms with Crippen LogP contribution in [0, 0.1) is 5.82 Å². The van der Waals surface area contributed by atoms with Crippen LogP contribution in [0.4, 0.5) is 4.39 Å². The Bertz CT molecular complexity index is 1330. The van der Waals surface area contributed by atoms with E-state index in [1.165, 1.54) is 30.1 Å². The molecule has 0 saturated heterocycles. The molecular weight excluding hydrogens is 477 g/mol. The zero-order valence-electron chi connectivity index (χ0n) is 21.1. The quantitative estimate of drug-likeness (QED) is 0.456. The van der Waals surface area contributed by atoms with Crippen LogP contribution in [0.15, 0.2) is 71.8 Å². The van der Waals surface area contributed by atoms with Gasteiger partial charge in [-0.1, -0.05) is 18.2 Å². The standard InChI is InChI=1S/C28H28FN3O5/c1-31(28(34)18-9-11-19(35-2)12-10-18)17-27(33)32-25(21-7-5-6-8-23(21)29)16-24(30-32)22-14-13-20(36-3)15-26(22)37-4/h5-15,25H,16-17H2,1-4H3. The van der Waals surface area contributed by atoms with E-state index in [0.29, 0.717) is 39.7 Å². The van der Waals surface area contributed by atoms with Crippen LogP contribution >= 0.6 is 0 Å². The van der Waals surface area contributed by atoms with E-state index in [4.69, 9.17) is 14.2 Å². The Balaban J connectivity index is 1.63. The summed E-state index contributed by atoms with van der Waals surface area (Å²) >= 11 is 0. The van der Waals surface area contributed by atoms with Crippen molar-refractivity contribution in [2.24, 2.45) is 5.10 Å². The molecule has 0 bridgehead atoms. The van der Waals surface area contributed by atoms with Gasteiger partial charge >= 0.3 is 0 Å². The maximum Gasteiger partial charge on any atom is 0.262 e. The first-order valence-corrected chi connectivity index (χ1v) is 11.6. The van der Waals surface area contributed by atoms with Crippen LogP contribution in [-0.4, -0.2) is 62.4 Å². The molecule has 4 rings (SSSR count). The molecule has 9 heteroatoms. The summed E-state index contributed by atoms with van der Waals surface area (Å²) in [5.74, 6) is 0.531. The number of likely N-dealkylation sites (N-methyl/N-ethyl adjacent to an activating group) is 1. The lowest BCUT2D eigenvalue weighted by Gasteiger charge is -2.25. The van der Waals surface area contributed by atoms with Gasteiger partial charge in [0.1, 0.15) is 29.6 Å². The lowest BCUT2D eigenvalue weighted by atomic mass is 9.97. The van der Waals surface area contributed by atoms with Gasteiger partial charge in [0.25, 0.3) is 11.8 Å². The molecule has 0 radical (unpaired) electrons. The summed E-state index contributed by atoms with van der Waals surface area (Å²) in [6.07, 6.45) is 0.269. The van der Waals surface area contributed by atoms with Crippen LogP contribution < -0.4 is 14.2 Å². The van der Waals surface area contributed by atoms with Crippen molar-refractivity contribution >= 4 is 17.5 Å². The second-order valence-electron chi connectivity index (χ2n) is 8.48. The number of carbonyl (C=O) groups is 2. The topological polar surface area (TPSA) is 80.7 Å². The summed E-state index contributed by atoms with van der Waals surface area (Å²) in [5.41, 5.74) is 1.98. The Morgan fingerprint density at radius 2 is 1.65 bits per heavy atom. The van der Waals surface area contributed by atoms with Crippen molar-refractivity contribution in [1.29, 1.82) is 0 Å². The molecule has 0 spiro atoms. The molecule has 8 nitrogen and oxygen atoms in total. The van der Waals surface area contributed by atoms with Crippen molar-refractivity contribution in [3.05, 3.63) is 89.2 Å². The number of hydrazone groups is 1. The van der Waals surface area contributed by atoms with Gasteiger partial charge in [0.2, 0.25) is 0 Å². The molecule has 1 heterocycles. The molecule has 0 N–H and O–H groups in total. The third-order valence-electron chi connectivity index (χ3n) is 6.21. The first-order chi connectivity index (χ1) is 17.9. The summed E-state index contributed by atoms with van der Waals surface area (Å²) < 4.78 is 30.8. The number of halogens is 1.